The summed E-state index contributed by atoms with van der Waals surface area (Å²) in [4.78, 5) is 35.7. The smallest absolute Gasteiger partial charge is 0.315 e. The molecule has 0 aliphatic carbocycles. The lowest BCUT2D eigenvalue weighted by Crippen LogP contribution is -2.49. The zero-order valence-corrected chi connectivity index (χ0v) is 19.0. The molecule has 1 fully saturated rings. The number of nitrogens with zero attached hydrogens (tertiary/aromatic N) is 4. The van der Waals surface area contributed by atoms with Crippen molar-refractivity contribution >= 4 is 34.0 Å². The lowest BCUT2D eigenvalue weighted by molar-refractivity contribution is -0.136. The number of likely N-dealkylation sites (N-methyl/N-ethyl adjacent to an activating group) is 1. The Kier molecular flexibility index (Phi) is 6.84. The molecule has 0 bridgehead atoms. The van der Waals surface area contributed by atoms with Gasteiger partial charge in [-0.1, -0.05) is 12.1 Å². The first-order chi connectivity index (χ1) is 15.0. The first-order valence-corrected chi connectivity index (χ1v) is 11.6. The van der Waals surface area contributed by atoms with Gasteiger partial charge in [0.2, 0.25) is 0 Å². The molecule has 0 spiro atoms. The number of hydrogen-bond donors (Lipinski definition) is 2. The summed E-state index contributed by atoms with van der Waals surface area (Å²) >= 11 is 1.29. The number of piperazine rings is 1. The molecule has 1 aromatic carbocycles. The van der Waals surface area contributed by atoms with Crippen LogP contribution in [0.1, 0.15) is 23.6 Å². The third-order valence-electron chi connectivity index (χ3n) is 6.13. The number of hydrogen-bond acceptors (Lipinski definition) is 7. The minimum absolute atomic E-state index is 0.0304. The first-order valence-electron chi connectivity index (χ1n) is 10.8. The van der Waals surface area contributed by atoms with Gasteiger partial charge in [0.05, 0.1) is 6.04 Å². The van der Waals surface area contributed by atoms with E-state index in [0.717, 1.165) is 45.6 Å². The zero-order valence-electron chi connectivity index (χ0n) is 18.1. The third-order valence-corrected chi connectivity index (χ3v) is 6.82. The molecule has 2 aromatic rings. The van der Waals surface area contributed by atoms with Crippen molar-refractivity contribution in [3.05, 3.63) is 40.9 Å². The molecular weight excluding hydrogens is 412 g/mol. The number of anilines is 2. The number of amides is 2. The maximum atomic E-state index is 12.4. The summed E-state index contributed by atoms with van der Waals surface area (Å²) < 4.78 is 0. The van der Waals surface area contributed by atoms with E-state index in [-0.39, 0.29) is 6.04 Å². The molecule has 166 valence electrons. The Hall–Kier alpha value is -2.49. The predicted molar refractivity (Wildman–Crippen MR) is 124 cm³/mol. The normalized spacial score (nSPS) is 18.3. The van der Waals surface area contributed by atoms with Crippen LogP contribution in [0.3, 0.4) is 0 Å². The minimum atomic E-state index is -0.681. The summed E-state index contributed by atoms with van der Waals surface area (Å²) in [5, 5.41) is 7.58. The molecule has 0 unspecified atom stereocenters. The highest BCUT2D eigenvalue weighted by Gasteiger charge is 2.27. The van der Waals surface area contributed by atoms with Crippen LogP contribution in [0.25, 0.3) is 0 Å². The highest BCUT2D eigenvalue weighted by atomic mass is 32.1. The van der Waals surface area contributed by atoms with Crippen LogP contribution in [0.4, 0.5) is 10.8 Å². The highest BCUT2D eigenvalue weighted by molar-refractivity contribution is 7.13. The second-order valence-electron chi connectivity index (χ2n) is 8.27. The lowest BCUT2D eigenvalue weighted by Gasteiger charge is -2.39. The van der Waals surface area contributed by atoms with Crippen LogP contribution in [-0.4, -0.2) is 80.0 Å². The molecule has 0 saturated carbocycles. The molecule has 4 rings (SSSR count). The quantitative estimate of drug-likeness (QED) is 0.685. The van der Waals surface area contributed by atoms with Gasteiger partial charge in [-0.3, -0.25) is 19.8 Å². The molecule has 1 atom stereocenters. The van der Waals surface area contributed by atoms with Gasteiger partial charge in [0.25, 0.3) is 0 Å². The van der Waals surface area contributed by atoms with Crippen LogP contribution in [0, 0.1) is 0 Å². The van der Waals surface area contributed by atoms with Crippen molar-refractivity contribution < 1.29 is 9.59 Å². The van der Waals surface area contributed by atoms with Crippen molar-refractivity contribution in [3.8, 4) is 0 Å². The molecule has 9 heteroatoms. The number of nitrogens with one attached hydrogen (secondary N) is 2. The van der Waals surface area contributed by atoms with Crippen LogP contribution in [-0.2, 0) is 16.0 Å². The Labute approximate surface area is 187 Å². The van der Waals surface area contributed by atoms with E-state index in [4.69, 9.17) is 0 Å². The molecule has 8 nitrogen and oxygen atoms in total. The topological polar surface area (TPSA) is 80.8 Å². The summed E-state index contributed by atoms with van der Waals surface area (Å²) in [6, 6.07) is 6.69. The van der Waals surface area contributed by atoms with Gasteiger partial charge in [-0.15, -0.1) is 11.3 Å². The van der Waals surface area contributed by atoms with E-state index in [9.17, 15) is 9.59 Å². The van der Waals surface area contributed by atoms with E-state index in [2.05, 4.69) is 62.6 Å². The molecular formula is C22H30N6O2S. The van der Waals surface area contributed by atoms with E-state index in [1.807, 2.05) is 0 Å². The van der Waals surface area contributed by atoms with Gasteiger partial charge in [-0.05, 0) is 37.1 Å². The Morgan fingerprint density at radius 1 is 1.13 bits per heavy atom. The molecule has 2 amide bonds. The van der Waals surface area contributed by atoms with Gasteiger partial charge >= 0.3 is 11.8 Å². The van der Waals surface area contributed by atoms with E-state index >= 15 is 0 Å². The molecule has 2 aliphatic heterocycles. The Bertz CT molecular complexity index is 911. The number of aromatic nitrogens is 1. The number of fused-ring (bicyclic) bond motifs is 1. The maximum absolute atomic E-state index is 12.4. The van der Waals surface area contributed by atoms with E-state index < -0.39 is 11.8 Å². The molecule has 0 radical (unpaired) electrons. The van der Waals surface area contributed by atoms with E-state index in [0.29, 0.717) is 11.7 Å². The fraction of sp³-hybridized carbons (Fsp3) is 0.500. The second-order valence-corrected chi connectivity index (χ2v) is 9.16. The minimum Gasteiger partial charge on any atom is -0.374 e. The predicted octanol–water partition coefficient (Wildman–Crippen LogP) is 1.57. The number of aryl methyl sites for hydroxylation is 1. The fourth-order valence-electron chi connectivity index (χ4n) is 4.31. The summed E-state index contributed by atoms with van der Waals surface area (Å²) in [7, 11) is 4.27. The van der Waals surface area contributed by atoms with Crippen LogP contribution < -0.4 is 15.5 Å². The average molecular weight is 443 g/mol. The van der Waals surface area contributed by atoms with Crippen LogP contribution >= 0.6 is 11.3 Å². The summed E-state index contributed by atoms with van der Waals surface area (Å²) in [6.07, 6.45) is 3.82. The van der Waals surface area contributed by atoms with Crippen molar-refractivity contribution in [2.45, 2.75) is 18.9 Å². The summed E-state index contributed by atoms with van der Waals surface area (Å²) in [5.74, 6) is -1.31. The van der Waals surface area contributed by atoms with E-state index in [1.54, 1.807) is 11.6 Å². The standard InChI is InChI=1S/C22H30N6O2S/c1-26-9-11-28(12-10-26)19(15-24-20(29)21(30)25-22-23-7-13-31-22)17-5-6-18-16(14-17)4-3-8-27(18)2/h5-7,13-14,19H,3-4,8-12,15H2,1-2H3,(H,24,29)(H,23,25,30)/t19-/m1/s1. The lowest BCUT2D eigenvalue weighted by atomic mass is 9.95. The molecule has 2 N–H and O–H groups in total. The molecule has 1 aromatic heterocycles. The van der Waals surface area contributed by atoms with Crippen molar-refractivity contribution in [1.29, 1.82) is 0 Å². The van der Waals surface area contributed by atoms with Gasteiger partial charge < -0.3 is 15.1 Å². The largest absolute Gasteiger partial charge is 0.374 e. The number of rotatable bonds is 5. The molecule has 3 heterocycles. The van der Waals surface area contributed by atoms with Crippen molar-refractivity contribution in [1.82, 2.24) is 20.1 Å². The SMILES string of the molecule is CN1CCN([C@H](CNC(=O)C(=O)Nc2nccs2)c2ccc3c(c2)CCCN3C)CC1. The van der Waals surface area contributed by atoms with Crippen LogP contribution in [0.5, 0.6) is 0 Å². The van der Waals surface area contributed by atoms with Gasteiger partial charge in [0.15, 0.2) is 5.13 Å². The van der Waals surface area contributed by atoms with Gasteiger partial charge in [0.1, 0.15) is 0 Å². The van der Waals surface area contributed by atoms with E-state index in [1.165, 1.54) is 28.2 Å². The van der Waals surface area contributed by atoms with Crippen LogP contribution in [0.15, 0.2) is 29.8 Å². The summed E-state index contributed by atoms with van der Waals surface area (Å²) in [5.41, 5.74) is 3.84. The van der Waals surface area contributed by atoms with Gasteiger partial charge in [0, 0.05) is 63.6 Å². The monoisotopic (exact) mass is 442 g/mol. The molecule has 1 saturated heterocycles. The zero-order chi connectivity index (χ0) is 21.8. The number of benzene rings is 1. The summed E-state index contributed by atoms with van der Waals surface area (Å²) in [6.45, 7) is 5.31. The van der Waals surface area contributed by atoms with Crippen molar-refractivity contribution in [2.24, 2.45) is 0 Å². The van der Waals surface area contributed by atoms with Crippen molar-refractivity contribution in [2.75, 3.05) is 63.6 Å². The maximum Gasteiger partial charge on any atom is 0.315 e. The fourth-order valence-corrected chi connectivity index (χ4v) is 4.84. The molecule has 2 aliphatic rings. The third kappa shape index (κ3) is 5.23. The highest BCUT2D eigenvalue weighted by Crippen LogP contribution is 2.31. The number of carbonyl (C=O) groups excluding carboxylic acids is 2. The first kappa shape index (κ1) is 21.7. The molecule has 31 heavy (non-hydrogen) atoms. The van der Waals surface area contributed by atoms with Gasteiger partial charge in [-0.2, -0.15) is 0 Å². The number of thiazole rings is 1. The van der Waals surface area contributed by atoms with Crippen molar-refractivity contribution in [3.63, 3.8) is 0 Å². The van der Waals surface area contributed by atoms with Crippen LogP contribution in [0.2, 0.25) is 0 Å². The average Bonchev–Trinajstić information content (AvgIpc) is 3.28. The number of carbonyl (C=O) groups is 2. The Morgan fingerprint density at radius 3 is 2.68 bits per heavy atom. The Balaban J connectivity index is 1.48. The Morgan fingerprint density at radius 2 is 1.94 bits per heavy atom. The second kappa shape index (κ2) is 9.76. The van der Waals surface area contributed by atoms with Gasteiger partial charge in [-0.25, -0.2) is 4.98 Å².